The van der Waals surface area contributed by atoms with E-state index >= 15 is 0 Å². The largest absolute Gasteiger partial charge is 0.334 e. The van der Waals surface area contributed by atoms with E-state index in [9.17, 15) is 0 Å². The van der Waals surface area contributed by atoms with E-state index in [1.165, 1.54) is 196 Å². The molecule has 4 aliphatic carbocycles. The summed E-state index contributed by atoms with van der Waals surface area (Å²) in [5, 5.41) is 5.13. The van der Waals surface area contributed by atoms with Crippen molar-refractivity contribution in [2.24, 2.45) is 0 Å². The fourth-order valence-corrected chi connectivity index (χ4v) is 18.9. The zero-order valence-electron chi connectivity index (χ0n) is 50.3. The molecule has 4 unspecified atom stereocenters. The minimum atomic E-state index is -0.529. The molecule has 1 spiro atoms. The van der Waals surface area contributed by atoms with Crippen molar-refractivity contribution in [1.29, 1.82) is 0 Å². The minimum Gasteiger partial charge on any atom is -0.334 e. The molecule has 420 valence electrons. The van der Waals surface area contributed by atoms with Gasteiger partial charge in [0.25, 0.3) is 0 Å². The Labute approximate surface area is 512 Å². The summed E-state index contributed by atoms with van der Waals surface area (Å²) in [5.74, 6) is 0. The molecule has 0 radical (unpaired) electrons. The molecule has 0 N–H and O–H groups in total. The first-order chi connectivity index (χ1) is 42.6. The number of para-hydroxylation sites is 2. The Hall–Kier alpha value is -9.24. The van der Waals surface area contributed by atoms with E-state index in [1.54, 1.807) is 0 Å². The molecule has 0 aromatic heterocycles. The highest BCUT2D eigenvalue weighted by Gasteiger charge is 2.59. The van der Waals surface area contributed by atoms with Crippen LogP contribution in [0.1, 0.15) is 112 Å². The van der Waals surface area contributed by atoms with E-state index in [2.05, 4.69) is 292 Å². The zero-order valence-corrected chi connectivity index (χ0v) is 50.3. The second-order valence-corrected chi connectivity index (χ2v) is 27.2. The number of rotatable bonds is 6. The molecule has 87 heavy (non-hydrogen) atoms. The lowest BCUT2D eigenvalue weighted by atomic mass is 9.61. The lowest BCUT2D eigenvalue weighted by Gasteiger charge is -2.50. The normalized spacial score (nSPS) is 22.3. The van der Waals surface area contributed by atoms with Gasteiger partial charge in [0.1, 0.15) is 0 Å². The average molecular weight is 1120 g/mol. The third-order valence-corrected chi connectivity index (χ3v) is 23.4. The Morgan fingerprint density at radius 3 is 0.954 bits per heavy atom. The van der Waals surface area contributed by atoms with Crippen LogP contribution in [0.5, 0.6) is 0 Å². The predicted molar refractivity (Wildman–Crippen MR) is 365 cm³/mol. The molecular formula is C85H70N2. The standard InChI is InChI=1S/C85H70N2/c1-81-47-15-17-49-83(81,3)86(59-23-7-5-8-24-59)79-45-41-57(53-77(79)81)63-31-21-33-65-61(29-19-35-67(63)65)55-39-43-71-72-44-40-56(52-76(72)85(75(71)51-55)73-37-13-11-27-69(73)70-28-12-14-38-74(70)85)62-30-20-36-68-64(32-22-34-66(62)68)58-42-46-80-78(54-58)82(2)48-16-18-50-84(82,4)87(80)60-25-9-6-10-26-60/h5-14,19-46,51-54H,15-18,47-50H2,1-4H3. The van der Waals surface area contributed by atoms with Gasteiger partial charge in [-0.2, -0.15) is 0 Å². The summed E-state index contributed by atoms with van der Waals surface area (Å²) in [7, 11) is 0. The van der Waals surface area contributed by atoms with Gasteiger partial charge in [-0.1, -0.05) is 234 Å². The first kappa shape index (κ1) is 51.0. The smallest absolute Gasteiger partial charge is 0.0725 e. The minimum absolute atomic E-state index is 0.000822. The Kier molecular flexibility index (Phi) is 10.8. The maximum atomic E-state index is 2.69. The highest BCUT2D eigenvalue weighted by molar-refractivity contribution is 6.08. The molecule has 2 saturated carbocycles. The fraction of sp³-hybridized carbons (Fsp3) is 0.200. The molecule has 4 atom stereocenters. The molecule has 12 aromatic rings. The van der Waals surface area contributed by atoms with Gasteiger partial charge in [-0.25, -0.2) is 0 Å². The Morgan fingerprint density at radius 2 is 0.563 bits per heavy atom. The fourth-order valence-electron chi connectivity index (χ4n) is 18.9. The van der Waals surface area contributed by atoms with Crippen LogP contribution in [0.4, 0.5) is 22.7 Å². The topological polar surface area (TPSA) is 6.48 Å². The van der Waals surface area contributed by atoms with E-state index in [0.717, 1.165) is 0 Å². The first-order valence-electron chi connectivity index (χ1n) is 32.2. The van der Waals surface area contributed by atoms with E-state index < -0.39 is 5.41 Å². The van der Waals surface area contributed by atoms with Gasteiger partial charge >= 0.3 is 0 Å². The van der Waals surface area contributed by atoms with Gasteiger partial charge in [-0.05, 0) is 222 Å². The summed E-state index contributed by atoms with van der Waals surface area (Å²) in [4.78, 5) is 5.37. The molecule has 18 rings (SSSR count). The van der Waals surface area contributed by atoms with Gasteiger partial charge in [0.2, 0.25) is 0 Å². The van der Waals surface area contributed by atoms with E-state index in [4.69, 9.17) is 0 Å². The van der Waals surface area contributed by atoms with Gasteiger partial charge < -0.3 is 9.80 Å². The maximum absolute atomic E-state index is 2.69. The predicted octanol–water partition coefficient (Wildman–Crippen LogP) is 22.5. The van der Waals surface area contributed by atoms with Crippen molar-refractivity contribution in [1.82, 2.24) is 0 Å². The van der Waals surface area contributed by atoms with E-state index in [1.807, 2.05) is 0 Å². The summed E-state index contributed by atoms with van der Waals surface area (Å²) >= 11 is 0. The molecule has 2 fully saturated rings. The van der Waals surface area contributed by atoms with Crippen molar-refractivity contribution >= 4 is 44.3 Å². The number of hydrogen-bond acceptors (Lipinski definition) is 2. The SMILES string of the molecule is CC12CCCCC1(C)N(c1ccccc1)c1ccc(-c3cccc4c(-c5ccc6c(c5)C5(c7ccccc7-c7ccccc75)c5cc(-c7cccc8c(-c9ccc%10c(c9)C9(C)CCCCC9(C)N%10c9ccccc9)cccc78)ccc5-6)cccc34)cc12. The van der Waals surface area contributed by atoms with Gasteiger partial charge in [-0.15, -0.1) is 0 Å². The summed E-state index contributed by atoms with van der Waals surface area (Å²) in [6, 6.07) is 98.4. The number of hydrogen-bond donors (Lipinski definition) is 0. The summed E-state index contributed by atoms with van der Waals surface area (Å²) in [6.07, 6.45) is 9.79. The number of anilines is 4. The Morgan fingerprint density at radius 1 is 0.253 bits per heavy atom. The molecule has 2 heteroatoms. The summed E-state index contributed by atoms with van der Waals surface area (Å²) in [5.41, 5.74) is 28.7. The lowest BCUT2D eigenvalue weighted by molar-refractivity contribution is 0.195. The Bertz CT molecular complexity index is 4550. The summed E-state index contributed by atoms with van der Waals surface area (Å²) in [6.45, 7) is 10.2. The zero-order chi connectivity index (χ0) is 58.0. The van der Waals surface area contributed by atoms with E-state index in [0.29, 0.717) is 0 Å². The van der Waals surface area contributed by atoms with Crippen molar-refractivity contribution in [2.45, 2.75) is 106 Å². The van der Waals surface area contributed by atoms with E-state index in [-0.39, 0.29) is 21.9 Å². The average Bonchev–Trinajstić information content (AvgIpc) is 1.54. The number of nitrogens with zero attached hydrogens (tertiary/aromatic N) is 2. The third-order valence-electron chi connectivity index (χ3n) is 23.4. The second-order valence-electron chi connectivity index (χ2n) is 27.2. The lowest BCUT2D eigenvalue weighted by Crippen LogP contribution is -2.54. The first-order valence-corrected chi connectivity index (χ1v) is 32.2. The highest BCUT2D eigenvalue weighted by Crippen LogP contribution is 2.66. The van der Waals surface area contributed by atoms with Crippen LogP contribution < -0.4 is 9.80 Å². The maximum Gasteiger partial charge on any atom is 0.0725 e. The van der Waals surface area contributed by atoms with Gasteiger partial charge in [-0.3, -0.25) is 0 Å². The van der Waals surface area contributed by atoms with Crippen molar-refractivity contribution in [3.63, 3.8) is 0 Å². The molecule has 0 saturated heterocycles. The van der Waals surface area contributed by atoms with Crippen LogP contribution in [0.15, 0.2) is 255 Å². The van der Waals surface area contributed by atoms with Crippen LogP contribution in [0.3, 0.4) is 0 Å². The van der Waals surface area contributed by atoms with Crippen LogP contribution in [-0.4, -0.2) is 11.1 Å². The molecular weight excluding hydrogens is 1050 g/mol. The molecule has 2 nitrogen and oxygen atoms in total. The monoisotopic (exact) mass is 1120 g/mol. The second kappa shape index (κ2) is 18.4. The highest BCUT2D eigenvalue weighted by atomic mass is 15.3. The van der Waals surface area contributed by atoms with Crippen molar-refractivity contribution in [3.05, 3.63) is 288 Å². The quantitative estimate of drug-likeness (QED) is 0.164. The van der Waals surface area contributed by atoms with Crippen LogP contribution in [0, 0.1) is 0 Å². The third kappa shape index (κ3) is 6.72. The Balaban J connectivity index is 0.767. The molecule has 0 amide bonds. The van der Waals surface area contributed by atoms with Crippen LogP contribution in [0.25, 0.3) is 88.3 Å². The van der Waals surface area contributed by atoms with Crippen LogP contribution in [-0.2, 0) is 16.2 Å². The molecule has 0 bridgehead atoms. The number of benzene rings is 12. The molecule has 2 heterocycles. The van der Waals surface area contributed by atoms with Gasteiger partial charge in [0.15, 0.2) is 0 Å². The summed E-state index contributed by atoms with van der Waals surface area (Å²) < 4.78 is 0. The van der Waals surface area contributed by atoms with Crippen LogP contribution >= 0.6 is 0 Å². The van der Waals surface area contributed by atoms with Crippen LogP contribution in [0.2, 0.25) is 0 Å². The van der Waals surface area contributed by atoms with Crippen molar-refractivity contribution in [3.8, 4) is 66.8 Å². The molecule has 2 aliphatic heterocycles. The molecule has 12 aromatic carbocycles. The van der Waals surface area contributed by atoms with Gasteiger partial charge in [0.05, 0.1) is 16.5 Å². The molecule has 6 aliphatic rings. The van der Waals surface area contributed by atoms with Gasteiger partial charge in [0, 0.05) is 33.6 Å². The van der Waals surface area contributed by atoms with Crippen molar-refractivity contribution in [2.75, 3.05) is 9.80 Å². The number of fused-ring (bicyclic) bond motifs is 18. The van der Waals surface area contributed by atoms with Crippen molar-refractivity contribution < 1.29 is 0 Å².